The van der Waals surface area contributed by atoms with Crippen molar-refractivity contribution in [3.05, 3.63) is 0 Å². The quantitative estimate of drug-likeness (QED) is 0.540. The molecule has 1 aliphatic rings. The van der Waals surface area contributed by atoms with E-state index < -0.39 is 0 Å². The van der Waals surface area contributed by atoms with Gasteiger partial charge in [-0.05, 0) is 30.1 Å². The van der Waals surface area contributed by atoms with Crippen LogP contribution >= 0.6 is 0 Å². The third-order valence-electron chi connectivity index (χ3n) is 3.99. The summed E-state index contributed by atoms with van der Waals surface area (Å²) in [5.41, 5.74) is 0. The molecule has 0 unspecified atom stereocenters. The topological polar surface area (TPSA) is 0 Å². The summed E-state index contributed by atoms with van der Waals surface area (Å²) in [5, 5.41) is 0. The van der Waals surface area contributed by atoms with E-state index in [2.05, 4.69) is 27.7 Å². The maximum atomic E-state index is 2.44. The minimum atomic E-state index is 0.952. The Labute approximate surface area is 71.4 Å². The fraction of sp³-hybridized carbons (Fsp3) is 1.00. The van der Waals surface area contributed by atoms with Crippen LogP contribution in [0.4, 0.5) is 0 Å². The second kappa shape index (κ2) is 3.60. The lowest BCUT2D eigenvalue weighted by molar-refractivity contribution is 0.123. The molecule has 0 heteroatoms. The third kappa shape index (κ3) is 1.77. The van der Waals surface area contributed by atoms with Crippen molar-refractivity contribution in [3.8, 4) is 0 Å². The molecule has 1 fully saturated rings. The van der Waals surface area contributed by atoms with Crippen LogP contribution in [0, 0.1) is 23.7 Å². The second-order valence-electron chi connectivity index (χ2n) is 4.44. The molecule has 0 aliphatic heterocycles. The second-order valence-corrected chi connectivity index (χ2v) is 4.44. The minimum Gasteiger partial charge on any atom is -0.0651 e. The van der Waals surface area contributed by atoms with Gasteiger partial charge in [0.2, 0.25) is 0 Å². The Bertz CT molecular complexity index is 115. The largest absolute Gasteiger partial charge is 0.0651 e. The molecule has 66 valence electrons. The molecule has 1 saturated carbocycles. The van der Waals surface area contributed by atoms with Gasteiger partial charge in [-0.3, -0.25) is 0 Å². The van der Waals surface area contributed by atoms with E-state index >= 15 is 0 Å². The SMILES string of the molecule is CC[C@@H]1CC[C@@H](C)[C@@H](C)[C@@H]1C. The molecule has 0 amide bonds. The van der Waals surface area contributed by atoms with E-state index in [0.29, 0.717) is 0 Å². The van der Waals surface area contributed by atoms with Gasteiger partial charge >= 0.3 is 0 Å². The van der Waals surface area contributed by atoms with E-state index in [0.717, 1.165) is 23.7 Å². The molecule has 0 N–H and O–H groups in total. The summed E-state index contributed by atoms with van der Waals surface area (Å²) in [6, 6.07) is 0. The Hall–Kier alpha value is 0. The monoisotopic (exact) mass is 154 g/mol. The molecule has 0 radical (unpaired) electrons. The van der Waals surface area contributed by atoms with Crippen LogP contribution in [0.2, 0.25) is 0 Å². The predicted octanol–water partition coefficient (Wildman–Crippen LogP) is 3.71. The van der Waals surface area contributed by atoms with Gasteiger partial charge in [-0.2, -0.15) is 0 Å². The van der Waals surface area contributed by atoms with Gasteiger partial charge in [-0.1, -0.05) is 40.5 Å². The van der Waals surface area contributed by atoms with E-state index in [9.17, 15) is 0 Å². The van der Waals surface area contributed by atoms with Gasteiger partial charge in [0, 0.05) is 0 Å². The molecule has 0 bridgehead atoms. The van der Waals surface area contributed by atoms with Crippen LogP contribution in [0.5, 0.6) is 0 Å². The van der Waals surface area contributed by atoms with Crippen LogP contribution in [0.25, 0.3) is 0 Å². The van der Waals surface area contributed by atoms with Crippen LogP contribution in [0.3, 0.4) is 0 Å². The molecule has 0 aromatic rings. The summed E-state index contributed by atoms with van der Waals surface area (Å²) in [5.74, 6) is 3.89. The maximum absolute atomic E-state index is 2.44. The van der Waals surface area contributed by atoms with Crippen LogP contribution in [0.15, 0.2) is 0 Å². The van der Waals surface area contributed by atoms with Crippen molar-refractivity contribution in [3.63, 3.8) is 0 Å². The van der Waals surface area contributed by atoms with Crippen molar-refractivity contribution in [2.75, 3.05) is 0 Å². The minimum absolute atomic E-state index is 0.952. The van der Waals surface area contributed by atoms with Gasteiger partial charge in [-0.15, -0.1) is 0 Å². The summed E-state index contributed by atoms with van der Waals surface area (Å²) < 4.78 is 0. The van der Waals surface area contributed by atoms with Crippen molar-refractivity contribution in [2.24, 2.45) is 23.7 Å². The molecule has 0 heterocycles. The molecule has 1 aliphatic carbocycles. The van der Waals surface area contributed by atoms with E-state index in [4.69, 9.17) is 0 Å². The molecular formula is C11H22. The van der Waals surface area contributed by atoms with Crippen LogP contribution in [0.1, 0.15) is 47.0 Å². The van der Waals surface area contributed by atoms with Crippen molar-refractivity contribution in [1.82, 2.24) is 0 Å². The molecule has 4 atom stereocenters. The van der Waals surface area contributed by atoms with E-state index in [1.807, 2.05) is 0 Å². The molecule has 0 saturated heterocycles. The van der Waals surface area contributed by atoms with Gasteiger partial charge in [-0.25, -0.2) is 0 Å². The number of rotatable bonds is 1. The molecule has 1 rings (SSSR count). The first kappa shape index (κ1) is 9.09. The standard InChI is InChI=1S/C11H22/c1-5-11-7-6-8(2)9(3)10(11)4/h8-11H,5-7H2,1-4H3/t8-,9-,10+,11-/m1/s1. The normalized spacial score (nSPS) is 45.8. The Morgan fingerprint density at radius 1 is 1.00 bits per heavy atom. The zero-order chi connectivity index (χ0) is 8.43. The highest BCUT2D eigenvalue weighted by molar-refractivity contribution is 4.80. The highest BCUT2D eigenvalue weighted by Gasteiger charge is 2.30. The van der Waals surface area contributed by atoms with Gasteiger partial charge < -0.3 is 0 Å². The van der Waals surface area contributed by atoms with Gasteiger partial charge in [0.15, 0.2) is 0 Å². The van der Waals surface area contributed by atoms with E-state index in [1.54, 1.807) is 0 Å². The maximum Gasteiger partial charge on any atom is -0.0386 e. The lowest BCUT2D eigenvalue weighted by Crippen LogP contribution is -2.29. The highest BCUT2D eigenvalue weighted by atomic mass is 14.4. The van der Waals surface area contributed by atoms with Crippen LogP contribution in [-0.4, -0.2) is 0 Å². The lowest BCUT2D eigenvalue weighted by atomic mass is 9.68. The third-order valence-corrected chi connectivity index (χ3v) is 3.99. The predicted molar refractivity (Wildman–Crippen MR) is 50.5 cm³/mol. The average Bonchev–Trinajstić information content (AvgIpc) is 2.01. The lowest BCUT2D eigenvalue weighted by Gasteiger charge is -2.38. The van der Waals surface area contributed by atoms with Crippen molar-refractivity contribution in [2.45, 2.75) is 47.0 Å². The van der Waals surface area contributed by atoms with Crippen LogP contribution < -0.4 is 0 Å². The first-order valence-electron chi connectivity index (χ1n) is 5.16. The Morgan fingerprint density at radius 2 is 1.64 bits per heavy atom. The first-order chi connectivity index (χ1) is 5.16. The Balaban J connectivity index is 2.52. The molecule has 0 aromatic heterocycles. The van der Waals surface area contributed by atoms with Gasteiger partial charge in [0.25, 0.3) is 0 Å². The first-order valence-corrected chi connectivity index (χ1v) is 5.16. The van der Waals surface area contributed by atoms with E-state index in [-0.39, 0.29) is 0 Å². The zero-order valence-electron chi connectivity index (χ0n) is 8.43. The zero-order valence-corrected chi connectivity index (χ0v) is 8.43. The Kier molecular flexibility index (Phi) is 2.98. The van der Waals surface area contributed by atoms with Crippen LogP contribution in [-0.2, 0) is 0 Å². The van der Waals surface area contributed by atoms with E-state index in [1.165, 1.54) is 19.3 Å². The van der Waals surface area contributed by atoms with Gasteiger partial charge in [0.05, 0.1) is 0 Å². The smallest absolute Gasteiger partial charge is 0.0386 e. The van der Waals surface area contributed by atoms with Crippen molar-refractivity contribution in [1.29, 1.82) is 0 Å². The molecular weight excluding hydrogens is 132 g/mol. The average molecular weight is 154 g/mol. The molecule has 0 aromatic carbocycles. The van der Waals surface area contributed by atoms with Crippen molar-refractivity contribution < 1.29 is 0 Å². The molecule has 11 heavy (non-hydrogen) atoms. The van der Waals surface area contributed by atoms with Gasteiger partial charge in [0.1, 0.15) is 0 Å². The molecule has 0 spiro atoms. The summed E-state index contributed by atoms with van der Waals surface area (Å²) in [6.45, 7) is 9.61. The van der Waals surface area contributed by atoms with Crippen molar-refractivity contribution >= 4 is 0 Å². The summed E-state index contributed by atoms with van der Waals surface area (Å²) in [7, 11) is 0. The Morgan fingerprint density at radius 3 is 2.18 bits per heavy atom. The fourth-order valence-corrected chi connectivity index (χ4v) is 2.53. The fourth-order valence-electron chi connectivity index (χ4n) is 2.53. The summed E-state index contributed by atoms with van der Waals surface area (Å²) in [4.78, 5) is 0. The highest BCUT2D eigenvalue weighted by Crippen LogP contribution is 2.39. The molecule has 0 nitrogen and oxygen atoms in total. The summed E-state index contributed by atoms with van der Waals surface area (Å²) in [6.07, 6.45) is 4.32. The number of hydrogen-bond acceptors (Lipinski definition) is 0. The number of hydrogen-bond donors (Lipinski definition) is 0. The summed E-state index contributed by atoms with van der Waals surface area (Å²) >= 11 is 0.